The van der Waals surface area contributed by atoms with Crippen LogP contribution in [0.1, 0.15) is 70.9 Å². The van der Waals surface area contributed by atoms with Crippen LogP contribution in [0.3, 0.4) is 0 Å². The van der Waals surface area contributed by atoms with Crippen LogP contribution in [0.2, 0.25) is 18.1 Å². The van der Waals surface area contributed by atoms with Crippen molar-refractivity contribution in [3.8, 4) is 0 Å². The third kappa shape index (κ3) is 13.5. The van der Waals surface area contributed by atoms with E-state index in [4.69, 9.17) is 13.9 Å². The van der Waals surface area contributed by atoms with Gasteiger partial charge < -0.3 is 13.9 Å². The maximum Gasteiger partial charge on any atom is 0.305 e. The molecule has 0 heterocycles. The number of carbonyl (C=O) groups excluding carboxylic acids is 1. The van der Waals surface area contributed by atoms with Crippen LogP contribution < -0.4 is 0 Å². The standard InChI is InChI=1S/C29H51NO6SSi/c1-9-35-28(31)19-12-10-11-13-20-30(37(6,32)33)21-15-18-27(36-38(7,8)29(2,3)4)23-25-16-14-17-26(22-25)24-34-5/h14-18,22,27H,9-13,19-21,23-24H2,1-8H3/b18-15+/t27-/m1/s1. The van der Waals surface area contributed by atoms with Gasteiger partial charge in [0.2, 0.25) is 10.0 Å². The van der Waals surface area contributed by atoms with E-state index < -0.39 is 18.3 Å². The first-order valence-corrected chi connectivity index (χ1v) is 18.5. The zero-order valence-electron chi connectivity index (χ0n) is 24.9. The molecule has 1 rings (SSSR count). The van der Waals surface area contributed by atoms with E-state index in [0.717, 1.165) is 36.8 Å². The van der Waals surface area contributed by atoms with Crippen molar-refractivity contribution in [3.63, 3.8) is 0 Å². The number of hydrogen-bond donors (Lipinski definition) is 0. The third-order valence-electron chi connectivity index (χ3n) is 6.96. The molecular weight excluding hydrogens is 518 g/mol. The summed E-state index contributed by atoms with van der Waals surface area (Å²) in [7, 11) is -3.71. The molecule has 0 aliphatic carbocycles. The molecule has 0 aliphatic heterocycles. The van der Waals surface area contributed by atoms with Crippen LogP contribution in [-0.2, 0) is 41.7 Å². The van der Waals surface area contributed by atoms with Gasteiger partial charge in [-0.15, -0.1) is 0 Å². The van der Waals surface area contributed by atoms with Gasteiger partial charge >= 0.3 is 5.97 Å². The number of unbranched alkanes of at least 4 members (excludes halogenated alkanes) is 3. The van der Waals surface area contributed by atoms with Crippen molar-refractivity contribution >= 4 is 24.3 Å². The van der Waals surface area contributed by atoms with Gasteiger partial charge in [0.1, 0.15) is 0 Å². The summed E-state index contributed by atoms with van der Waals surface area (Å²) in [4.78, 5) is 11.5. The average Bonchev–Trinajstić information content (AvgIpc) is 2.79. The van der Waals surface area contributed by atoms with E-state index in [-0.39, 0.29) is 17.1 Å². The summed E-state index contributed by atoms with van der Waals surface area (Å²) in [5, 5.41) is 0.0586. The summed E-state index contributed by atoms with van der Waals surface area (Å²) in [5.74, 6) is -0.171. The SMILES string of the molecule is CCOC(=O)CCCCCCN(C/C=C/[C@H](Cc1cccc(COC)c1)O[Si](C)(C)C(C)(C)C)S(C)(=O)=O. The summed E-state index contributed by atoms with van der Waals surface area (Å²) in [5.41, 5.74) is 2.28. The highest BCUT2D eigenvalue weighted by Gasteiger charge is 2.38. The van der Waals surface area contributed by atoms with E-state index in [1.54, 1.807) is 14.0 Å². The number of rotatable bonds is 18. The first-order chi connectivity index (χ1) is 17.7. The molecule has 0 bridgehead atoms. The predicted molar refractivity (Wildman–Crippen MR) is 158 cm³/mol. The highest BCUT2D eigenvalue weighted by Crippen LogP contribution is 2.37. The number of methoxy groups -OCH3 is 1. The van der Waals surface area contributed by atoms with Gasteiger partial charge in [0, 0.05) is 33.0 Å². The van der Waals surface area contributed by atoms with Crippen molar-refractivity contribution < 1.29 is 27.1 Å². The molecule has 0 amide bonds. The van der Waals surface area contributed by atoms with E-state index in [0.29, 0.717) is 39.1 Å². The van der Waals surface area contributed by atoms with Gasteiger partial charge in [0.25, 0.3) is 0 Å². The first kappa shape index (κ1) is 34.5. The molecule has 0 spiro atoms. The third-order valence-corrected chi connectivity index (χ3v) is 12.7. The lowest BCUT2D eigenvalue weighted by Gasteiger charge is -2.38. The lowest BCUT2D eigenvalue weighted by atomic mass is 10.0. The minimum absolute atomic E-state index is 0.0586. The molecule has 0 radical (unpaired) electrons. The van der Waals surface area contributed by atoms with Crippen LogP contribution in [0.4, 0.5) is 0 Å². The van der Waals surface area contributed by atoms with E-state index in [9.17, 15) is 13.2 Å². The molecule has 0 fully saturated rings. The second kappa shape index (κ2) is 16.6. The molecule has 218 valence electrons. The van der Waals surface area contributed by atoms with Gasteiger partial charge in [-0.3, -0.25) is 4.79 Å². The second-order valence-electron chi connectivity index (χ2n) is 11.4. The molecular formula is C29H51NO6SSi. The monoisotopic (exact) mass is 569 g/mol. The van der Waals surface area contributed by atoms with Gasteiger partial charge in [-0.1, -0.05) is 70.0 Å². The van der Waals surface area contributed by atoms with E-state index >= 15 is 0 Å². The summed E-state index contributed by atoms with van der Waals surface area (Å²) in [6, 6.07) is 8.33. The number of esters is 1. The van der Waals surface area contributed by atoms with Crippen molar-refractivity contribution in [1.29, 1.82) is 0 Å². The van der Waals surface area contributed by atoms with Gasteiger partial charge in [0.15, 0.2) is 8.32 Å². The summed E-state index contributed by atoms with van der Waals surface area (Å²) in [6.07, 6.45) is 9.43. The summed E-state index contributed by atoms with van der Waals surface area (Å²) < 4.78 is 43.4. The minimum atomic E-state index is -3.34. The van der Waals surface area contributed by atoms with Gasteiger partial charge in [-0.05, 0) is 49.0 Å². The minimum Gasteiger partial charge on any atom is -0.466 e. The maximum atomic E-state index is 12.4. The van der Waals surface area contributed by atoms with Crippen LogP contribution in [0.15, 0.2) is 36.4 Å². The Labute approximate surface area is 233 Å². The van der Waals surface area contributed by atoms with Crippen LogP contribution in [0.25, 0.3) is 0 Å². The Morgan fingerprint density at radius 1 is 1.11 bits per heavy atom. The maximum absolute atomic E-state index is 12.4. The van der Waals surface area contributed by atoms with E-state index in [1.807, 2.05) is 24.3 Å². The quantitative estimate of drug-likeness (QED) is 0.0920. The van der Waals surface area contributed by atoms with Crippen LogP contribution in [-0.4, -0.2) is 66.2 Å². The van der Waals surface area contributed by atoms with Crippen molar-refractivity contribution in [1.82, 2.24) is 4.31 Å². The van der Waals surface area contributed by atoms with Gasteiger partial charge in [-0.25, -0.2) is 8.42 Å². The lowest BCUT2D eigenvalue weighted by Crippen LogP contribution is -2.44. The number of hydrogen-bond acceptors (Lipinski definition) is 6. The van der Waals surface area contributed by atoms with Crippen molar-refractivity contribution in [2.24, 2.45) is 0 Å². The molecule has 0 N–H and O–H groups in total. The van der Waals surface area contributed by atoms with Gasteiger partial charge in [-0.2, -0.15) is 4.31 Å². The molecule has 1 aromatic rings. The molecule has 1 atom stereocenters. The van der Waals surface area contributed by atoms with E-state index in [1.165, 1.54) is 10.6 Å². The summed E-state index contributed by atoms with van der Waals surface area (Å²) >= 11 is 0. The highest BCUT2D eigenvalue weighted by molar-refractivity contribution is 7.88. The molecule has 38 heavy (non-hydrogen) atoms. The second-order valence-corrected chi connectivity index (χ2v) is 18.1. The average molecular weight is 570 g/mol. The topological polar surface area (TPSA) is 82.1 Å². The Bertz CT molecular complexity index is 972. The molecule has 0 unspecified atom stereocenters. The predicted octanol–water partition coefficient (Wildman–Crippen LogP) is 6.10. The number of carbonyl (C=O) groups is 1. The molecule has 0 saturated carbocycles. The molecule has 0 aliphatic rings. The Morgan fingerprint density at radius 2 is 1.76 bits per heavy atom. The Kier molecular flexibility index (Phi) is 15.0. The number of benzene rings is 1. The molecule has 9 heteroatoms. The largest absolute Gasteiger partial charge is 0.466 e. The fourth-order valence-electron chi connectivity index (χ4n) is 3.82. The zero-order chi connectivity index (χ0) is 28.8. The molecule has 7 nitrogen and oxygen atoms in total. The van der Waals surface area contributed by atoms with E-state index in [2.05, 4.69) is 46.0 Å². The lowest BCUT2D eigenvalue weighted by molar-refractivity contribution is -0.143. The fourth-order valence-corrected chi connectivity index (χ4v) is 5.91. The Morgan fingerprint density at radius 3 is 2.37 bits per heavy atom. The fraction of sp³-hybridized carbons (Fsp3) is 0.690. The molecule has 1 aromatic carbocycles. The number of sulfonamides is 1. The zero-order valence-corrected chi connectivity index (χ0v) is 26.7. The molecule has 0 saturated heterocycles. The number of nitrogens with zero attached hydrogens (tertiary/aromatic N) is 1. The first-order valence-electron chi connectivity index (χ1n) is 13.7. The Balaban J connectivity index is 2.86. The van der Waals surface area contributed by atoms with Crippen molar-refractivity contribution in [2.75, 3.05) is 33.1 Å². The van der Waals surface area contributed by atoms with Crippen LogP contribution in [0.5, 0.6) is 0 Å². The van der Waals surface area contributed by atoms with Crippen LogP contribution >= 0.6 is 0 Å². The van der Waals surface area contributed by atoms with Crippen LogP contribution in [0, 0.1) is 0 Å². The van der Waals surface area contributed by atoms with Gasteiger partial charge in [0.05, 0.1) is 25.6 Å². The Hall–Kier alpha value is -1.52. The summed E-state index contributed by atoms with van der Waals surface area (Å²) in [6.45, 7) is 14.7. The highest BCUT2D eigenvalue weighted by atomic mass is 32.2. The van der Waals surface area contributed by atoms with Crippen molar-refractivity contribution in [3.05, 3.63) is 47.5 Å². The molecule has 0 aromatic heterocycles. The number of ether oxygens (including phenoxy) is 2. The smallest absolute Gasteiger partial charge is 0.305 e. The normalized spacial score (nSPS) is 13.8. The van der Waals surface area contributed by atoms with Crippen molar-refractivity contribution in [2.45, 2.75) is 97.1 Å².